The summed E-state index contributed by atoms with van der Waals surface area (Å²) in [6.45, 7) is 3.81. The Morgan fingerprint density at radius 2 is 2.08 bits per heavy atom. The number of likely N-dealkylation sites (tertiary alicyclic amines) is 1. The monoisotopic (exact) mass is 525 g/mol. The second-order valence-electron chi connectivity index (χ2n) is 10.3. The number of anilines is 1. The van der Waals surface area contributed by atoms with Crippen LogP contribution in [0.3, 0.4) is 0 Å². The molecule has 2 aliphatic rings. The van der Waals surface area contributed by atoms with Gasteiger partial charge in [0.15, 0.2) is 5.60 Å². The van der Waals surface area contributed by atoms with Crippen molar-refractivity contribution in [3.8, 4) is 0 Å². The van der Waals surface area contributed by atoms with Gasteiger partial charge in [-0.3, -0.25) is 19.6 Å². The Morgan fingerprint density at radius 1 is 1.30 bits per heavy atom. The number of aliphatic hydroxyl groups is 1. The van der Waals surface area contributed by atoms with Crippen LogP contribution in [-0.4, -0.2) is 56.4 Å². The number of carbonyl (C=O) groups is 3. The Labute approximate surface area is 218 Å². The quantitative estimate of drug-likeness (QED) is 0.465. The lowest BCUT2D eigenvalue weighted by atomic mass is 9.83. The molecule has 1 saturated heterocycles. The van der Waals surface area contributed by atoms with Gasteiger partial charge < -0.3 is 20.5 Å². The number of carbonyl (C=O) groups excluding carboxylic acids is 3. The van der Waals surface area contributed by atoms with Crippen LogP contribution in [0.2, 0.25) is 5.02 Å². The summed E-state index contributed by atoms with van der Waals surface area (Å²) in [5.41, 5.74) is 5.38. The van der Waals surface area contributed by atoms with Crippen LogP contribution in [0.1, 0.15) is 55.1 Å². The van der Waals surface area contributed by atoms with E-state index >= 15 is 0 Å². The fourth-order valence-corrected chi connectivity index (χ4v) is 5.46. The minimum absolute atomic E-state index is 0.0661. The molecule has 2 atom stereocenters. The Balaban J connectivity index is 1.54. The topological polar surface area (TPSA) is 140 Å². The molecule has 194 valence electrons. The number of fused-ring (bicyclic) bond motifs is 3. The van der Waals surface area contributed by atoms with Gasteiger partial charge in [0.2, 0.25) is 11.8 Å². The van der Waals surface area contributed by atoms with Crippen molar-refractivity contribution in [3.05, 3.63) is 58.7 Å². The molecule has 11 heteroatoms. The number of nitrogens with zero attached hydrogens (tertiary/aromatic N) is 3. The number of nitrogens with two attached hydrogens (primary N) is 1. The largest absolute Gasteiger partial charge is 0.436 e. The lowest BCUT2D eigenvalue weighted by Gasteiger charge is -2.46. The molecule has 5 rings (SSSR count). The maximum absolute atomic E-state index is 14.1. The van der Waals surface area contributed by atoms with Gasteiger partial charge in [-0.25, -0.2) is 4.79 Å². The fraction of sp³-hybridized carbons (Fsp3) is 0.385. The van der Waals surface area contributed by atoms with Crippen LogP contribution in [0.25, 0.3) is 10.9 Å². The average Bonchev–Trinajstić information content (AvgIpc) is 3.25. The van der Waals surface area contributed by atoms with E-state index in [9.17, 15) is 19.5 Å². The van der Waals surface area contributed by atoms with E-state index < -0.39 is 29.2 Å². The number of piperidine rings is 1. The smallest absolute Gasteiger partial charge is 0.412 e. The Kier molecular flexibility index (Phi) is 6.12. The summed E-state index contributed by atoms with van der Waals surface area (Å²) in [4.78, 5) is 40.0. The summed E-state index contributed by atoms with van der Waals surface area (Å²) < 4.78 is 7.36. The van der Waals surface area contributed by atoms with Crippen molar-refractivity contribution in [3.63, 3.8) is 0 Å². The van der Waals surface area contributed by atoms with Crippen LogP contribution in [0.15, 0.2) is 42.6 Å². The second-order valence-corrected chi connectivity index (χ2v) is 10.8. The van der Waals surface area contributed by atoms with Crippen LogP contribution in [0.5, 0.6) is 0 Å². The summed E-state index contributed by atoms with van der Waals surface area (Å²) in [5.74, 6) is -0.878. The van der Waals surface area contributed by atoms with Crippen LogP contribution in [-0.2, 0) is 15.1 Å². The van der Waals surface area contributed by atoms with E-state index in [1.807, 2.05) is 0 Å². The van der Waals surface area contributed by atoms with Gasteiger partial charge in [-0.1, -0.05) is 17.7 Å². The molecule has 1 spiro atoms. The lowest BCUT2D eigenvalue weighted by molar-refractivity contribution is -0.144. The molecule has 3 heterocycles. The maximum atomic E-state index is 14.1. The lowest BCUT2D eigenvalue weighted by Crippen LogP contribution is -2.54. The third-order valence-electron chi connectivity index (χ3n) is 6.92. The maximum Gasteiger partial charge on any atom is 0.412 e. The molecule has 0 aliphatic carbocycles. The van der Waals surface area contributed by atoms with Crippen molar-refractivity contribution in [1.82, 2.24) is 14.7 Å². The SMILES string of the molecule is CC(C)(O)C[C@@H](C(=O)N1CCC[C@@]2(C1)OC(=O)Nc1ccc(Cl)cc12)n1ncc2ccc(C(N)=O)cc21. The molecule has 2 aliphatic heterocycles. The zero-order valence-electron chi connectivity index (χ0n) is 20.5. The van der Waals surface area contributed by atoms with Gasteiger partial charge in [0, 0.05) is 34.5 Å². The van der Waals surface area contributed by atoms with E-state index in [0.29, 0.717) is 41.2 Å². The van der Waals surface area contributed by atoms with E-state index in [0.717, 1.165) is 5.39 Å². The summed E-state index contributed by atoms with van der Waals surface area (Å²) in [7, 11) is 0. The number of ether oxygens (including phenoxy) is 1. The molecular weight excluding hydrogens is 498 g/mol. The Hall–Kier alpha value is -3.63. The summed E-state index contributed by atoms with van der Waals surface area (Å²) >= 11 is 6.27. The molecule has 1 aromatic heterocycles. The molecule has 10 nitrogen and oxygen atoms in total. The first-order chi connectivity index (χ1) is 17.5. The Morgan fingerprint density at radius 3 is 2.81 bits per heavy atom. The van der Waals surface area contributed by atoms with E-state index in [1.54, 1.807) is 61.3 Å². The van der Waals surface area contributed by atoms with Crippen molar-refractivity contribution < 1.29 is 24.2 Å². The highest BCUT2D eigenvalue weighted by Gasteiger charge is 2.47. The van der Waals surface area contributed by atoms with Crippen molar-refractivity contribution in [2.45, 2.75) is 50.4 Å². The van der Waals surface area contributed by atoms with Gasteiger partial charge in [-0.2, -0.15) is 5.10 Å². The zero-order valence-corrected chi connectivity index (χ0v) is 21.3. The third kappa shape index (κ3) is 4.74. The highest BCUT2D eigenvalue weighted by Crippen LogP contribution is 2.44. The summed E-state index contributed by atoms with van der Waals surface area (Å²) in [6.07, 6.45) is 2.20. The first-order valence-electron chi connectivity index (χ1n) is 12.0. The number of rotatable bonds is 5. The van der Waals surface area contributed by atoms with Crippen molar-refractivity contribution >= 4 is 46.1 Å². The highest BCUT2D eigenvalue weighted by atomic mass is 35.5. The third-order valence-corrected chi connectivity index (χ3v) is 7.16. The molecule has 3 amide bonds. The van der Waals surface area contributed by atoms with Gasteiger partial charge in [0.1, 0.15) is 6.04 Å². The molecule has 2 aromatic carbocycles. The number of hydrogen-bond acceptors (Lipinski definition) is 6. The van der Waals surface area contributed by atoms with Crippen LogP contribution in [0, 0.1) is 0 Å². The molecule has 0 unspecified atom stereocenters. The Bertz CT molecular complexity index is 1410. The minimum Gasteiger partial charge on any atom is -0.436 e. The van der Waals surface area contributed by atoms with Crippen molar-refractivity contribution in [2.24, 2.45) is 5.73 Å². The average molecular weight is 526 g/mol. The van der Waals surface area contributed by atoms with Gasteiger partial charge in [0.05, 0.1) is 29.5 Å². The highest BCUT2D eigenvalue weighted by molar-refractivity contribution is 6.30. The number of halogens is 1. The summed E-state index contributed by atoms with van der Waals surface area (Å²) in [5, 5.41) is 19.1. The van der Waals surface area contributed by atoms with Gasteiger partial charge in [-0.05, 0) is 57.0 Å². The zero-order chi connectivity index (χ0) is 26.5. The number of nitrogens with one attached hydrogen (secondary N) is 1. The van der Waals surface area contributed by atoms with Crippen molar-refractivity contribution in [1.29, 1.82) is 0 Å². The first-order valence-corrected chi connectivity index (χ1v) is 12.4. The molecule has 0 bridgehead atoms. The van der Waals surface area contributed by atoms with E-state index in [4.69, 9.17) is 22.1 Å². The molecule has 0 radical (unpaired) electrons. The molecule has 4 N–H and O–H groups in total. The number of hydrogen-bond donors (Lipinski definition) is 3. The first kappa shape index (κ1) is 25.0. The van der Waals surface area contributed by atoms with Gasteiger partial charge >= 0.3 is 6.09 Å². The molecule has 1 fully saturated rings. The van der Waals surface area contributed by atoms with E-state index in [1.165, 1.54) is 4.68 Å². The number of aromatic nitrogens is 2. The van der Waals surface area contributed by atoms with Crippen molar-refractivity contribution in [2.75, 3.05) is 18.4 Å². The fourth-order valence-electron chi connectivity index (χ4n) is 5.29. The molecule has 3 aromatic rings. The number of primary amides is 1. The standard InChI is InChI=1S/C26H28ClN5O5/c1-25(2,36)12-21(32-20-10-15(22(28)33)4-5-16(20)13-29-32)23(34)31-9-3-8-26(14-31)18-11-17(27)6-7-19(18)30-24(35)37-26/h4-7,10-11,13,21,36H,3,8-9,12,14H2,1-2H3,(H2,28,33)(H,30,35)/t21-,26-/m0/s1. The molecule has 0 saturated carbocycles. The van der Waals surface area contributed by atoms with E-state index in [2.05, 4.69) is 10.4 Å². The van der Waals surface area contributed by atoms with Crippen LogP contribution >= 0.6 is 11.6 Å². The molecule has 37 heavy (non-hydrogen) atoms. The van der Waals surface area contributed by atoms with Gasteiger partial charge in [0.25, 0.3) is 0 Å². The van der Waals surface area contributed by atoms with Gasteiger partial charge in [-0.15, -0.1) is 0 Å². The molecular formula is C26H28ClN5O5. The van der Waals surface area contributed by atoms with Crippen LogP contribution in [0.4, 0.5) is 10.5 Å². The van der Waals surface area contributed by atoms with E-state index in [-0.39, 0.29) is 24.4 Å². The number of amides is 3. The predicted octanol–water partition coefficient (Wildman–Crippen LogP) is 3.57. The second kappa shape index (κ2) is 9.04. The van der Waals surface area contributed by atoms with Crippen LogP contribution < -0.4 is 11.1 Å². The summed E-state index contributed by atoms with van der Waals surface area (Å²) in [6, 6.07) is 9.21. The predicted molar refractivity (Wildman–Crippen MR) is 137 cm³/mol. The number of benzene rings is 2. The minimum atomic E-state index is -1.20. The normalized spacial score (nSPS) is 20.3.